The van der Waals surface area contributed by atoms with Crippen LogP contribution in [0.5, 0.6) is 0 Å². The number of carbonyl (C=O) groups excluding carboxylic acids is 3. The third-order valence-electron chi connectivity index (χ3n) is 4.71. The lowest BCUT2D eigenvalue weighted by Crippen LogP contribution is -2.41. The molecule has 3 heterocycles. The van der Waals surface area contributed by atoms with Gasteiger partial charge in [0.05, 0.1) is 6.61 Å². The zero-order valence-corrected chi connectivity index (χ0v) is 18.6. The predicted molar refractivity (Wildman–Crippen MR) is 113 cm³/mol. The van der Waals surface area contributed by atoms with Gasteiger partial charge in [0.1, 0.15) is 0 Å². The number of hydrogen-bond acceptors (Lipinski definition) is 8. The lowest BCUT2D eigenvalue weighted by Gasteiger charge is -2.31. The first-order valence-corrected chi connectivity index (χ1v) is 11.4. The zero-order chi connectivity index (χ0) is 21.5. The summed E-state index contributed by atoms with van der Waals surface area (Å²) in [5.74, 6) is -0.278. The third-order valence-corrected chi connectivity index (χ3v) is 6.53. The summed E-state index contributed by atoms with van der Waals surface area (Å²) in [6.07, 6.45) is 5.19. The molecule has 2 aromatic heterocycles. The average molecular weight is 452 g/mol. The van der Waals surface area contributed by atoms with Gasteiger partial charge in [-0.15, -0.1) is 22.7 Å². The van der Waals surface area contributed by atoms with Gasteiger partial charge in [0.2, 0.25) is 5.91 Å². The number of nitrogens with zero attached hydrogens (tertiary/aromatic N) is 3. The van der Waals surface area contributed by atoms with Gasteiger partial charge in [0, 0.05) is 48.2 Å². The van der Waals surface area contributed by atoms with E-state index in [-0.39, 0.29) is 30.1 Å². The molecule has 2 aromatic rings. The van der Waals surface area contributed by atoms with Gasteiger partial charge in [-0.05, 0) is 32.6 Å². The topological polar surface area (TPSA) is 114 Å². The van der Waals surface area contributed by atoms with Gasteiger partial charge in [-0.1, -0.05) is 0 Å². The number of amides is 3. The van der Waals surface area contributed by atoms with E-state index in [0.717, 1.165) is 22.6 Å². The lowest BCUT2D eigenvalue weighted by atomic mass is 9.98. The van der Waals surface area contributed by atoms with Crippen LogP contribution in [0.3, 0.4) is 0 Å². The Kier molecular flexibility index (Phi) is 7.88. The number of aromatic nitrogens is 2. The van der Waals surface area contributed by atoms with E-state index in [1.807, 2.05) is 18.7 Å². The smallest absolute Gasteiger partial charge is 0.303 e. The quantitative estimate of drug-likeness (QED) is 0.593. The number of rotatable bonds is 8. The number of hydroxylamine groups is 1. The second-order valence-corrected chi connectivity index (χ2v) is 9.59. The molecule has 30 heavy (non-hydrogen) atoms. The van der Waals surface area contributed by atoms with Crippen LogP contribution in [-0.4, -0.2) is 58.8 Å². The summed E-state index contributed by atoms with van der Waals surface area (Å²) in [7, 11) is 0. The van der Waals surface area contributed by atoms with Crippen molar-refractivity contribution in [1.29, 1.82) is 0 Å². The first kappa shape index (κ1) is 22.3. The second-order valence-electron chi connectivity index (χ2n) is 7.12. The van der Waals surface area contributed by atoms with Gasteiger partial charge in [0.25, 0.3) is 5.91 Å². The van der Waals surface area contributed by atoms with E-state index in [1.165, 1.54) is 22.7 Å². The molecular weight excluding hydrogens is 426 g/mol. The Hall–Kier alpha value is -2.37. The molecule has 0 radical (unpaired) electrons. The van der Waals surface area contributed by atoms with Gasteiger partial charge in [-0.25, -0.2) is 15.4 Å². The van der Waals surface area contributed by atoms with E-state index >= 15 is 0 Å². The van der Waals surface area contributed by atoms with Crippen LogP contribution in [-0.2, 0) is 9.63 Å². The predicted octanol–water partition coefficient (Wildman–Crippen LogP) is 1.94. The van der Waals surface area contributed by atoms with Gasteiger partial charge in [-0.2, -0.15) is 0 Å². The van der Waals surface area contributed by atoms with Gasteiger partial charge in [0.15, 0.2) is 10.0 Å². The number of thiazole rings is 2. The summed E-state index contributed by atoms with van der Waals surface area (Å²) < 4.78 is 0. The Labute approximate surface area is 182 Å². The maximum atomic E-state index is 12.4. The molecule has 0 saturated carbocycles. The molecule has 11 heteroatoms. The first-order chi connectivity index (χ1) is 14.4. The number of likely N-dealkylation sites (tertiary alicyclic amines) is 1. The second kappa shape index (κ2) is 10.6. The van der Waals surface area contributed by atoms with Crippen molar-refractivity contribution in [1.82, 2.24) is 25.7 Å². The van der Waals surface area contributed by atoms with E-state index in [2.05, 4.69) is 20.8 Å². The standard InChI is InChI=1S/C19H25N5O4S2/c1-12-9-21-18(29-12)16(26)20-6-3-15(25)24-7-4-14(5-8-24)11-28-23-17(27)19-22-10-13(2)30-19/h9-10,14H,3-8,11H2,1-2H3,(H,20,26)(H,23,27). The van der Waals surface area contributed by atoms with Crippen LogP contribution in [0.2, 0.25) is 0 Å². The minimum Gasteiger partial charge on any atom is -0.349 e. The number of nitrogens with one attached hydrogen (secondary N) is 2. The summed E-state index contributed by atoms with van der Waals surface area (Å²) in [5, 5.41) is 3.54. The van der Waals surface area contributed by atoms with Crippen molar-refractivity contribution in [2.45, 2.75) is 33.1 Å². The molecule has 1 saturated heterocycles. The molecule has 1 aliphatic heterocycles. The van der Waals surface area contributed by atoms with E-state index in [0.29, 0.717) is 36.3 Å². The molecule has 1 aliphatic rings. The fraction of sp³-hybridized carbons (Fsp3) is 0.526. The minimum atomic E-state index is -0.337. The highest BCUT2D eigenvalue weighted by atomic mass is 32.1. The van der Waals surface area contributed by atoms with Crippen LogP contribution in [0, 0.1) is 19.8 Å². The molecule has 0 bridgehead atoms. The molecule has 0 aliphatic carbocycles. The summed E-state index contributed by atoms with van der Waals surface area (Å²) in [4.78, 5) is 53.4. The molecule has 2 N–H and O–H groups in total. The summed E-state index contributed by atoms with van der Waals surface area (Å²) >= 11 is 2.65. The fourth-order valence-electron chi connectivity index (χ4n) is 3.05. The summed E-state index contributed by atoms with van der Waals surface area (Å²) in [5.41, 5.74) is 2.43. The first-order valence-electron chi connectivity index (χ1n) is 9.75. The lowest BCUT2D eigenvalue weighted by molar-refractivity contribution is -0.132. The van der Waals surface area contributed by atoms with Crippen LogP contribution >= 0.6 is 22.7 Å². The Balaban J connectivity index is 1.29. The number of carbonyl (C=O) groups is 3. The molecule has 0 unspecified atom stereocenters. The van der Waals surface area contributed by atoms with Crippen molar-refractivity contribution in [2.75, 3.05) is 26.2 Å². The van der Waals surface area contributed by atoms with Crippen molar-refractivity contribution < 1.29 is 19.2 Å². The van der Waals surface area contributed by atoms with E-state index in [1.54, 1.807) is 12.4 Å². The van der Waals surface area contributed by atoms with Crippen LogP contribution in [0.4, 0.5) is 0 Å². The third kappa shape index (κ3) is 6.31. The number of hydrogen-bond donors (Lipinski definition) is 2. The molecule has 0 spiro atoms. The minimum absolute atomic E-state index is 0.0254. The maximum Gasteiger partial charge on any atom is 0.303 e. The average Bonchev–Trinajstić information content (AvgIpc) is 3.36. The molecule has 9 nitrogen and oxygen atoms in total. The molecule has 0 atom stereocenters. The van der Waals surface area contributed by atoms with Gasteiger partial charge >= 0.3 is 5.91 Å². The van der Waals surface area contributed by atoms with E-state index in [4.69, 9.17) is 4.84 Å². The maximum absolute atomic E-state index is 12.4. The Morgan fingerprint density at radius 2 is 1.67 bits per heavy atom. The van der Waals surface area contributed by atoms with Crippen molar-refractivity contribution in [2.24, 2.45) is 5.92 Å². The van der Waals surface area contributed by atoms with Crippen LogP contribution < -0.4 is 10.8 Å². The number of piperidine rings is 1. The van der Waals surface area contributed by atoms with Crippen molar-refractivity contribution in [3.63, 3.8) is 0 Å². The molecule has 1 fully saturated rings. The largest absolute Gasteiger partial charge is 0.349 e. The van der Waals surface area contributed by atoms with Crippen molar-refractivity contribution in [3.8, 4) is 0 Å². The fourth-order valence-corrected chi connectivity index (χ4v) is 4.38. The van der Waals surface area contributed by atoms with E-state index < -0.39 is 0 Å². The van der Waals surface area contributed by atoms with Crippen LogP contribution in [0.15, 0.2) is 12.4 Å². The van der Waals surface area contributed by atoms with Crippen LogP contribution in [0.1, 0.15) is 48.6 Å². The van der Waals surface area contributed by atoms with Crippen LogP contribution in [0.25, 0.3) is 0 Å². The van der Waals surface area contributed by atoms with E-state index in [9.17, 15) is 14.4 Å². The van der Waals surface area contributed by atoms with Crippen molar-refractivity contribution >= 4 is 40.4 Å². The SMILES string of the molecule is Cc1cnc(C(=O)NCCC(=O)N2CCC(CONC(=O)c3ncc(C)s3)CC2)s1. The highest BCUT2D eigenvalue weighted by molar-refractivity contribution is 7.13. The van der Waals surface area contributed by atoms with Gasteiger partial charge in [-0.3, -0.25) is 19.2 Å². The molecule has 3 rings (SSSR count). The van der Waals surface area contributed by atoms with Gasteiger partial charge < -0.3 is 10.2 Å². The Morgan fingerprint density at radius 1 is 1.07 bits per heavy atom. The highest BCUT2D eigenvalue weighted by Crippen LogP contribution is 2.18. The Bertz CT molecular complexity index is 889. The van der Waals surface area contributed by atoms with Crippen molar-refractivity contribution in [3.05, 3.63) is 32.2 Å². The number of aryl methyl sites for hydroxylation is 2. The zero-order valence-electron chi connectivity index (χ0n) is 17.0. The summed E-state index contributed by atoms with van der Waals surface area (Å²) in [6, 6.07) is 0. The molecular formula is C19H25N5O4S2. The highest BCUT2D eigenvalue weighted by Gasteiger charge is 2.23. The molecule has 162 valence electrons. The molecule has 3 amide bonds. The Morgan fingerprint density at radius 3 is 2.23 bits per heavy atom. The molecule has 0 aromatic carbocycles. The normalized spacial score (nSPS) is 14.5. The summed E-state index contributed by atoms with van der Waals surface area (Å²) in [6.45, 7) is 5.77. The monoisotopic (exact) mass is 451 g/mol.